The number of hydrogen-bond acceptors (Lipinski definition) is 0. The molecular formula is C18H29ClIP. The quantitative estimate of drug-likeness (QED) is 0.178. The van der Waals surface area contributed by atoms with Crippen molar-refractivity contribution in [2.75, 3.05) is 6.16 Å². The molecule has 0 saturated heterocycles. The molecule has 0 nitrogen and oxygen atoms in total. The molecule has 120 valence electrons. The van der Waals surface area contributed by atoms with Crippen molar-refractivity contribution in [3.8, 4) is 0 Å². The van der Waals surface area contributed by atoms with Crippen molar-refractivity contribution < 1.29 is 0 Å². The zero-order valence-electron chi connectivity index (χ0n) is 13.3. The Balaban J connectivity index is 1.96. The summed E-state index contributed by atoms with van der Waals surface area (Å²) in [5.74, 6) is 0. The van der Waals surface area contributed by atoms with Gasteiger partial charge in [-0.2, -0.15) is 0 Å². The third-order valence-electron chi connectivity index (χ3n) is 3.80. The maximum atomic E-state index is 6.06. The molecule has 1 atom stereocenters. The van der Waals surface area contributed by atoms with Gasteiger partial charge in [-0.25, -0.2) is 0 Å². The van der Waals surface area contributed by atoms with Crippen LogP contribution in [0.4, 0.5) is 0 Å². The topological polar surface area (TPSA) is 0 Å². The lowest BCUT2D eigenvalue weighted by atomic mass is 10.1. The van der Waals surface area contributed by atoms with Gasteiger partial charge >= 0.3 is 0 Å². The fourth-order valence-electron chi connectivity index (χ4n) is 2.49. The Hall–Kier alpha value is 0.670. The van der Waals surface area contributed by atoms with E-state index >= 15 is 0 Å². The number of halogens is 2. The van der Waals surface area contributed by atoms with Crippen molar-refractivity contribution in [1.82, 2.24) is 0 Å². The fourth-order valence-corrected chi connectivity index (χ4v) is 5.97. The van der Waals surface area contributed by atoms with E-state index < -0.39 is 0 Å². The van der Waals surface area contributed by atoms with Crippen LogP contribution in [0.15, 0.2) is 24.3 Å². The molecule has 1 aromatic carbocycles. The lowest BCUT2D eigenvalue weighted by Crippen LogP contribution is -1.98. The van der Waals surface area contributed by atoms with E-state index in [2.05, 4.69) is 47.2 Å². The molecule has 0 aromatic heterocycles. The number of benzene rings is 1. The summed E-state index contributed by atoms with van der Waals surface area (Å²) >= 11 is 8.68. The Kier molecular flexibility index (Phi) is 12.3. The summed E-state index contributed by atoms with van der Waals surface area (Å²) in [6.07, 6.45) is 15.5. The maximum Gasteiger partial charge on any atom is 0.0412 e. The molecule has 0 N–H and O–H groups in total. The normalized spacial score (nSPS) is 12.5. The van der Waals surface area contributed by atoms with Crippen LogP contribution in [-0.4, -0.2) is 6.16 Å². The van der Waals surface area contributed by atoms with Crippen molar-refractivity contribution in [1.29, 1.82) is 0 Å². The summed E-state index contributed by atoms with van der Waals surface area (Å²) in [7, 11) is 0. The smallest absolute Gasteiger partial charge is 0.0412 e. The Morgan fingerprint density at radius 2 is 1.48 bits per heavy atom. The van der Waals surface area contributed by atoms with Gasteiger partial charge in [-0.1, -0.05) is 88.4 Å². The monoisotopic (exact) mass is 438 g/mol. The highest BCUT2D eigenvalue weighted by Crippen LogP contribution is 2.44. The van der Waals surface area contributed by atoms with Gasteiger partial charge in [0.05, 0.1) is 0 Å². The van der Waals surface area contributed by atoms with Crippen LogP contribution in [0.3, 0.4) is 0 Å². The van der Waals surface area contributed by atoms with Crippen LogP contribution in [0.2, 0.25) is 5.02 Å². The number of rotatable bonds is 12. The second kappa shape index (κ2) is 13.1. The first-order valence-electron chi connectivity index (χ1n) is 8.43. The minimum Gasteiger partial charge on any atom is -0.0843 e. The zero-order chi connectivity index (χ0) is 15.3. The van der Waals surface area contributed by atoms with Crippen LogP contribution < -0.4 is 5.30 Å². The summed E-state index contributed by atoms with van der Waals surface area (Å²) in [6.45, 7) is 2.28. The molecule has 0 fully saturated rings. The Bertz CT molecular complexity index is 370. The van der Waals surface area contributed by atoms with Crippen LogP contribution in [0.1, 0.15) is 71.1 Å². The molecule has 0 saturated carbocycles. The van der Waals surface area contributed by atoms with Gasteiger partial charge in [-0.05, 0) is 57.6 Å². The second-order valence-corrected chi connectivity index (χ2v) is 11.4. The Morgan fingerprint density at radius 1 is 0.905 bits per heavy atom. The Morgan fingerprint density at radius 3 is 2.05 bits per heavy atom. The van der Waals surface area contributed by atoms with Crippen LogP contribution in [0.5, 0.6) is 0 Å². The predicted octanol–water partition coefficient (Wildman–Crippen LogP) is 7.72. The molecule has 21 heavy (non-hydrogen) atoms. The maximum absolute atomic E-state index is 6.06. The largest absolute Gasteiger partial charge is 0.0843 e. The summed E-state index contributed by atoms with van der Waals surface area (Å²) in [4.78, 5) is 0. The fraction of sp³-hybridized carbons (Fsp3) is 0.667. The van der Waals surface area contributed by atoms with Crippen molar-refractivity contribution >= 4 is 44.5 Å². The van der Waals surface area contributed by atoms with Gasteiger partial charge in [0.15, 0.2) is 0 Å². The summed E-state index contributed by atoms with van der Waals surface area (Å²) < 4.78 is 0. The third kappa shape index (κ3) is 10.1. The molecule has 1 unspecified atom stereocenters. The molecule has 3 heteroatoms. The van der Waals surface area contributed by atoms with Gasteiger partial charge < -0.3 is 0 Å². The molecule has 0 aliphatic carbocycles. The first kappa shape index (κ1) is 19.7. The molecule has 0 spiro atoms. The van der Waals surface area contributed by atoms with Gasteiger partial charge in [0.25, 0.3) is 0 Å². The molecule has 0 heterocycles. The first-order chi connectivity index (χ1) is 10.2. The summed E-state index contributed by atoms with van der Waals surface area (Å²) in [5, 5.41) is 2.31. The first-order valence-corrected chi connectivity index (χ1v) is 13.1. The van der Waals surface area contributed by atoms with E-state index in [1.54, 1.807) is 0 Å². The van der Waals surface area contributed by atoms with Crippen LogP contribution in [-0.2, 0) is 0 Å². The van der Waals surface area contributed by atoms with E-state index in [4.69, 9.17) is 11.6 Å². The van der Waals surface area contributed by atoms with Gasteiger partial charge in [0.1, 0.15) is 0 Å². The number of unbranched alkanes of at least 4 members (excludes halogenated alkanes) is 9. The average molecular weight is 439 g/mol. The SMILES string of the molecule is CCCCCCCCCCCCP(I)c1cccc(Cl)c1. The summed E-state index contributed by atoms with van der Waals surface area (Å²) in [6, 6.07) is 8.39. The van der Waals surface area contributed by atoms with Gasteiger partial charge in [-0.3, -0.25) is 0 Å². The molecule has 0 bridgehead atoms. The number of hydrogen-bond donors (Lipinski definition) is 0. The van der Waals surface area contributed by atoms with Crippen molar-refractivity contribution in [3.05, 3.63) is 29.3 Å². The zero-order valence-corrected chi connectivity index (χ0v) is 17.1. The van der Waals surface area contributed by atoms with Gasteiger partial charge in [0, 0.05) is 5.02 Å². The van der Waals surface area contributed by atoms with E-state index in [9.17, 15) is 0 Å². The van der Waals surface area contributed by atoms with Crippen molar-refractivity contribution in [2.45, 2.75) is 71.1 Å². The molecular weight excluding hydrogens is 410 g/mol. The van der Waals surface area contributed by atoms with Crippen LogP contribution in [0, 0.1) is 0 Å². The highest BCUT2D eigenvalue weighted by atomic mass is 127. The van der Waals surface area contributed by atoms with E-state index in [0.717, 1.165) is 5.02 Å². The molecule has 0 radical (unpaired) electrons. The molecule has 0 aliphatic rings. The lowest BCUT2D eigenvalue weighted by Gasteiger charge is -2.10. The highest BCUT2D eigenvalue weighted by Gasteiger charge is 2.06. The lowest BCUT2D eigenvalue weighted by molar-refractivity contribution is 0.563. The van der Waals surface area contributed by atoms with E-state index in [1.807, 2.05) is 6.07 Å². The minimum atomic E-state index is -0.0409. The molecule has 1 aromatic rings. The van der Waals surface area contributed by atoms with Gasteiger partial charge in [-0.15, -0.1) is 0 Å². The van der Waals surface area contributed by atoms with E-state index in [1.165, 1.54) is 75.7 Å². The average Bonchev–Trinajstić information content (AvgIpc) is 2.49. The van der Waals surface area contributed by atoms with Crippen LogP contribution >= 0.6 is 39.2 Å². The minimum absolute atomic E-state index is 0.0409. The van der Waals surface area contributed by atoms with E-state index in [-0.39, 0.29) is 5.56 Å². The standard InChI is InChI=1S/C18H29ClIP/c1-2-3-4-5-6-7-8-9-10-11-15-21(20)18-14-12-13-17(19)16-18/h12-14,16H,2-11,15H2,1H3. The second-order valence-electron chi connectivity index (χ2n) is 5.75. The third-order valence-corrected chi connectivity index (χ3v) is 8.70. The van der Waals surface area contributed by atoms with Gasteiger partial charge in [0.2, 0.25) is 0 Å². The molecule has 0 aliphatic heterocycles. The molecule has 0 amide bonds. The summed E-state index contributed by atoms with van der Waals surface area (Å²) in [5.41, 5.74) is -0.0409. The predicted molar refractivity (Wildman–Crippen MR) is 109 cm³/mol. The highest BCUT2D eigenvalue weighted by molar-refractivity contribution is 14.2. The van der Waals surface area contributed by atoms with Crippen molar-refractivity contribution in [2.24, 2.45) is 0 Å². The van der Waals surface area contributed by atoms with E-state index in [0.29, 0.717) is 0 Å². The van der Waals surface area contributed by atoms with Crippen molar-refractivity contribution in [3.63, 3.8) is 0 Å². The molecule has 1 rings (SSSR count). The Labute approximate surface area is 150 Å². The van der Waals surface area contributed by atoms with Crippen LogP contribution in [0.25, 0.3) is 0 Å².